The molecule has 3 atom stereocenters. The number of nitrogens with one attached hydrogen (secondary N) is 1. The Kier molecular flexibility index (Phi) is 4.42. The molecule has 1 saturated carbocycles. The van der Waals surface area contributed by atoms with Crippen LogP contribution in [0.5, 0.6) is 5.75 Å². The number of carbonyl (C=O) groups excluding carboxylic acids is 2. The van der Waals surface area contributed by atoms with Gasteiger partial charge in [-0.2, -0.15) is 5.10 Å². The molecular weight excluding hydrogens is 398 g/mol. The maximum absolute atomic E-state index is 12.4. The molecule has 0 bridgehead atoms. The second-order valence-corrected chi connectivity index (χ2v) is 7.99. The van der Waals surface area contributed by atoms with Crippen molar-refractivity contribution in [3.8, 4) is 5.75 Å². The fraction of sp³-hybridized carbons (Fsp3) is 0.333. The van der Waals surface area contributed by atoms with Crippen molar-refractivity contribution >= 4 is 23.3 Å². The summed E-state index contributed by atoms with van der Waals surface area (Å²) in [5, 5.41) is 17.6. The number of pyridine rings is 1. The summed E-state index contributed by atoms with van der Waals surface area (Å²) < 4.78 is 1.66. The van der Waals surface area contributed by atoms with Crippen LogP contribution in [-0.4, -0.2) is 48.2 Å². The highest BCUT2D eigenvalue weighted by Gasteiger charge is 2.53. The number of amides is 2. The van der Waals surface area contributed by atoms with Crippen LogP contribution in [0.25, 0.3) is 0 Å². The molecule has 1 saturated heterocycles. The van der Waals surface area contributed by atoms with Crippen molar-refractivity contribution in [1.29, 1.82) is 0 Å². The van der Waals surface area contributed by atoms with E-state index in [0.29, 0.717) is 29.7 Å². The quantitative estimate of drug-likeness (QED) is 0.647. The Morgan fingerprint density at radius 2 is 2.06 bits per heavy atom. The van der Waals surface area contributed by atoms with E-state index in [1.165, 1.54) is 18.6 Å². The van der Waals surface area contributed by atoms with Crippen LogP contribution in [0.4, 0.5) is 11.5 Å². The molecule has 10 nitrogen and oxygen atoms in total. The molecule has 2 amide bonds. The minimum absolute atomic E-state index is 0.0298. The summed E-state index contributed by atoms with van der Waals surface area (Å²) in [7, 11) is 0. The number of anilines is 2. The lowest BCUT2D eigenvalue weighted by molar-refractivity contribution is -0.118. The Hall–Kier alpha value is -3.82. The molecule has 31 heavy (non-hydrogen) atoms. The van der Waals surface area contributed by atoms with Gasteiger partial charge >= 0.3 is 0 Å². The van der Waals surface area contributed by atoms with E-state index >= 15 is 0 Å². The zero-order valence-corrected chi connectivity index (χ0v) is 17.1. The predicted octanol–water partition coefficient (Wildman–Crippen LogP) is 1.93. The van der Waals surface area contributed by atoms with Crippen molar-refractivity contribution in [3.05, 3.63) is 54.0 Å². The zero-order chi connectivity index (χ0) is 21.7. The van der Waals surface area contributed by atoms with Crippen LogP contribution in [0.1, 0.15) is 41.1 Å². The molecule has 158 valence electrons. The van der Waals surface area contributed by atoms with Crippen molar-refractivity contribution in [2.24, 2.45) is 11.8 Å². The molecule has 3 aromatic heterocycles. The third kappa shape index (κ3) is 3.39. The Morgan fingerprint density at radius 3 is 2.77 bits per heavy atom. The summed E-state index contributed by atoms with van der Waals surface area (Å²) >= 11 is 0. The van der Waals surface area contributed by atoms with Gasteiger partial charge in [-0.1, -0.05) is 0 Å². The molecule has 0 radical (unpaired) electrons. The van der Waals surface area contributed by atoms with E-state index in [0.717, 1.165) is 12.0 Å². The summed E-state index contributed by atoms with van der Waals surface area (Å²) in [5.74, 6) is 0.451. The number of hydrogen-bond donors (Lipinski definition) is 2. The van der Waals surface area contributed by atoms with Gasteiger partial charge in [0.1, 0.15) is 5.69 Å². The minimum Gasteiger partial charge on any atom is -0.504 e. The van der Waals surface area contributed by atoms with Crippen molar-refractivity contribution in [2.75, 3.05) is 16.8 Å². The Bertz CT molecular complexity index is 1190. The number of carbonyl (C=O) groups is 2. The van der Waals surface area contributed by atoms with Crippen LogP contribution in [0, 0.1) is 18.8 Å². The van der Waals surface area contributed by atoms with E-state index in [1.54, 1.807) is 35.0 Å². The smallest absolute Gasteiger partial charge is 0.276 e. The fourth-order valence-corrected chi connectivity index (χ4v) is 3.95. The monoisotopic (exact) mass is 419 g/mol. The van der Waals surface area contributed by atoms with Crippen molar-refractivity contribution in [1.82, 2.24) is 24.7 Å². The molecule has 0 aromatic carbocycles. The molecule has 2 fully saturated rings. The van der Waals surface area contributed by atoms with Gasteiger partial charge in [0, 0.05) is 37.3 Å². The standard InChI is InChI=1S/C21H21N7O3/c1-11-18(23-4-3-22-11)20(30)26-15-8-25-28(10-15)12(2)13-6-17(29)19(24-7-13)27-9-14-5-16(14)21(27)31/h3-4,6-8,10,12,14,16,29H,5,9H2,1-2H3,(H,26,30)/t12-,14+,16+/m0/s1. The molecule has 2 N–H and O–H groups in total. The van der Waals surface area contributed by atoms with E-state index in [4.69, 9.17) is 0 Å². The largest absolute Gasteiger partial charge is 0.504 e. The highest BCUT2D eigenvalue weighted by molar-refractivity contribution is 6.03. The molecule has 5 rings (SSSR count). The van der Waals surface area contributed by atoms with Gasteiger partial charge in [-0.3, -0.25) is 24.2 Å². The van der Waals surface area contributed by atoms with E-state index in [1.807, 2.05) is 6.92 Å². The van der Waals surface area contributed by atoms with Gasteiger partial charge < -0.3 is 10.4 Å². The number of aromatic hydroxyl groups is 1. The summed E-state index contributed by atoms with van der Waals surface area (Å²) in [6.07, 6.45) is 8.81. The average Bonchev–Trinajstić information content (AvgIpc) is 3.26. The van der Waals surface area contributed by atoms with E-state index < -0.39 is 0 Å². The second-order valence-electron chi connectivity index (χ2n) is 7.99. The number of nitrogens with zero attached hydrogens (tertiary/aromatic N) is 6. The number of aromatic nitrogens is 5. The van der Waals surface area contributed by atoms with E-state index in [9.17, 15) is 14.7 Å². The molecule has 4 heterocycles. The third-order valence-electron chi connectivity index (χ3n) is 5.88. The summed E-state index contributed by atoms with van der Waals surface area (Å²) in [6, 6.07) is 1.35. The molecule has 10 heteroatoms. The fourth-order valence-electron chi connectivity index (χ4n) is 3.95. The minimum atomic E-state index is -0.366. The van der Waals surface area contributed by atoms with Gasteiger partial charge in [0.2, 0.25) is 5.91 Å². The molecule has 0 spiro atoms. The van der Waals surface area contributed by atoms with Crippen LogP contribution in [0.15, 0.2) is 37.1 Å². The summed E-state index contributed by atoms with van der Waals surface area (Å²) in [5.41, 5.74) is 2.03. The SMILES string of the molecule is Cc1nccnc1C(=O)Nc1cnn([C@@H](C)c2cnc(N3C[C@H]4C[C@H]4C3=O)c(O)c2)c1. The number of fused-ring (bicyclic) bond motifs is 1. The first-order valence-electron chi connectivity index (χ1n) is 10.1. The third-order valence-corrected chi connectivity index (χ3v) is 5.88. The first-order chi connectivity index (χ1) is 14.9. The zero-order valence-electron chi connectivity index (χ0n) is 17.1. The second kappa shape index (κ2) is 7.15. The van der Waals surface area contributed by atoms with Gasteiger partial charge in [0.05, 0.1) is 23.6 Å². The van der Waals surface area contributed by atoms with E-state index in [2.05, 4.69) is 25.4 Å². The summed E-state index contributed by atoms with van der Waals surface area (Å²) in [4.78, 5) is 38.7. The first-order valence-corrected chi connectivity index (χ1v) is 10.1. The molecule has 0 unspecified atom stereocenters. The van der Waals surface area contributed by atoms with Gasteiger partial charge in [0.15, 0.2) is 11.6 Å². The average molecular weight is 419 g/mol. The van der Waals surface area contributed by atoms with Crippen LogP contribution in [-0.2, 0) is 4.79 Å². The van der Waals surface area contributed by atoms with Crippen molar-refractivity contribution < 1.29 is 14.7 Å². The Morgan fingerprint density at radius 1 is 1.26 bits per heavy atom. The number of aryl methyl sites for hydroxylation is 1. The van der Waals surface area contributed by atoms with Crippen molar-refractivity contribution in [3.63, 3.8) is 0 Å². The topological polar surface area (TPSA) is 126 Å². The number of rotatable bonds is 5. The Balaban J connectivity index is 1.31. The maximum atomic E-state index is 12.4. The van der Waals surface area contributed by atoms with Crippen LogP contribution < -0.4 is 10.2 Å². The normalized spacial score (nSPS) is 20.5. The molecular formula is C21H21N7O3. The Labute approximate surface area is 178 Å². The van der Waals surface area contributed by atoms with Gasteiger partial charge in [-0.05, 0) is 37.8 Å². The highest BCUT2D eigenvalue weighted by Crippen LogP contribution is 2.48. The number of piperidine rings is 1. The van der Waals surface area contributed by atoms with Crippen LogP contribution >= 0.6 is 0 Å². The lowest BCUT2D eigenvalue weighted by Gasteiger charge is -2.20. The molecule has 2 aliphatic rings. The lowest BCUT2D eigenvalue weighted by atomic mass is 10.1. The predicted molar refractivity (Wildman–Crippen MR) is 111 cm³/mol. The van der Waals surface area contributed by atoms with Gasteiger partial charge in [0.25, 0.3) is 5.91 Å². The molecule has 1 aliphatic carbocycles. The van der Waals surface area contributed by atoms with E-state index in [-0.39, 0.29) is 35.2 Å². The first kappa shape index (κ1) is 19.2. The van der Waals surface area contributed by atoms with Gasteiger partial charge in [-0.15, -0.1) is 0 Å². The van der Waals surface area contributed by atoms with Crippen LogP contribution in [0.3, 0.4) is 0 Å². The highest BCUT2D eigenvalue weighted by atomic mass is 16.3. The maximum Gasteiger partial charge on any atom is 0.276 e. The van der Waals surface area contributed by atoms with Crippen LogP contribution in [0.2, 0.25) is 0 Å². The molecule has 1 aliphatic heterocycles. The molecule has 3 aromatic rings. The van der Waals surface area contributed by atoms with Gasteiger partial charge in [-0.25, -0.2) is 9.97 Å². The summed E-state index contributed by atoms with van der Waals surface area (Å²) in [6.45, 7) is 4.24. The lowest BCUT2D eigenvalue weighted by Crippen LogP contribution is -2.28. The number of hydrogen-bond acceptors (Lipinski definition) is 7. The van der Waals surface area contributed by atoms with Crippen molar-refractivity contribution in [2.45, 2.75) is 26.3 Å².